The predicted octanol–water partition coefficient (Wildman–Crippen LogP) is 3.76. The maximum Gasteiger partial charge on any atom is 0.243 e. The van der Waals surface area contributed by atoms with Gasteiger partial charge in [0.25, 0.3) is 0 Å². The number of piperidine rings is 1. The summed E-state index contributed by atoms with van der Waals surface area (Å²) < 4.78 is 45.8. The van der Waals surface area contributed by atoms with Crippen molar-refractivity contribution in [3.05, 3.63) is 59.9 Å². The lowest BCUT2D eigenvalue weighted by Gasteiger charge is -2.31. The second-order valence-corrected chi connectivity index (χ2v) is 10.3. The molecule has 174 valence electrons. The third-order valence-electron chi connectivity index (χ3n) is 5.44. The van der Waals surface area contributed by atoms with Gasteiger partial charge in [-0.2, -0.15) is 4.31 Å². The molecule has 0 aliphatic carbocycles. The lowest BCUT2D eigenvalue weighted by atomic mass is 9.99. The maximum absolute atomic E-state index is 13.1. The van der Waals surface area contributed by atoms with Crippen molar-refractivity contribution in [2.75, 3.05) is 19.6 Å². The van der Waals surface area contributed by atoms with Gasteiger partial charge in [-0.1, -0.05) is 12.1 Å². The highest BCUT2D eigenvalue weighted by Gasteiger charge is 2.33. The molecule has 2 aromatic carbocycles. The topological polar surface area (TPSA) is 75.7 Å². The van der Waals surface area contributed by atoms with Crippen LogP contribution in [0.2, 0.25) is 0 Å². The molecule has 0 aromatic heterocycles. The third-order valence-corrected chi connectivity index (χ3v) is 7.32. The van der Waals surface area contributed by atoms with Crippen LogP contribution in [-0.2, 0) is 21.2 Å². The molecule has 1 aliphatic heterocycles. The van der Waals surface area contributed by atoms with E-state index >= 15 is 0 Å². The van der Waals surface area contributed by atoms with E-state index in [0.29, 0.717) is 25.9 Å². The maximum atomic E-state index is 13.1. The van der Waals surface area contributed by atoms with Crippen LogP contribution in [0.3, 0.4) is 0 Å². The zero-order valence-corrected chi connectivity index (χ0v) is 19.4. The van der Waals surface area contributed by atoms with Crippen molar-refractivity contribution in [2.45, 2.75) is 50.5 Å². The monoisotopic (exact) mass is 462 g/mol. The summed E-state index contributed by atoms with van der Waals surface area (Å²) >= 11 is 0. The summed E-state index contributed by atoms with van der Waals surface area (Å²) in [5, 5.41) is 2.94. The first-order valence-electron chi connectivity index (χ1n) is 11.0. The molecule has 6 nitrogen and oxygen atoms in total. The van der Waals surface area contributed by atoms with Crippen molar-refractivity contribution < 1.29 is 22.3 Å². The number of carbonyl (C=O) groups excluding carboxylic acids is 1. The Hall–Kier alpha value is -2.45. The SMILES string of the molecule is CC(C)Oc1ccc(CCCNC(=O)[C@@H]2CCCN(S(=O)(=O)c3ccc(F)cc3)C2)cc1. The summed E-state index contributed by atoms with van der Waals surface area (Å²) in [6.07, 6.45) is 3.03. The molecule has 0 radical (unpaired) electrons. The summed E-state index contributed by atoms with van der Waals surface area (Å²) in [4.78, 5) is 12.7. The van der Waals surface area contributed by atoms with Crippen molar-refractivity contribution in [3.8, 4) is 5.75 Å². The second kappa shape index (κ2) is 10.9. The zero-order valence-electron chi connectivity index (χ0n) is 18.6. The van der Waals surface area contributed by atoms with Crippen molar-refractivity contribution in [1.82, 2.24) is 9.62 Å². The highest BCUT2D eigenvalue weighted by atomic mass is 32.2. The molecule has 8 heteroatoms. The van der Waals surface area contributed by atoms with Crippen molar-refractivity contribution in [2.24, 2.45) is 5.92 Å². The number of benzene rings is 2. The van der Waals surface area contributed by atoms with Gasteiger partial charge < -0.3 is 10.1 Å². The van der Waals surface area contributed by atoms with Crippen LogP contribution in [0.1, 0.15) is 38.7 Å². The summed E-state index contributed by atoms with van der Waals surface area (Å²) in [5.74, 6) is -0.148. The number of ether oxygens (including phenoxy) is 1. The Balaban J connectivity index is 1.46. The van der Waals surface area contributed by atoms with Crippen LogP contribution in [0.15, 0.2) is 53.4 Å². The number of aryl methyl sites for hydroxylation is 1. The van der Waals surface area contributed by atoms with Gasteiger partial charge >= 0.3 is 0 Å². The molecule has 1 amide bonds. The highest BCUT2D eigenvalue weighted by molar-refractivity contribution is 7.89. The van der Waals surface area contributed by atoms with E-state index in [2.05, 4.69) is 5.32 Å². The van der Waals surface area contributed by atoms with E-state index in [0.717, 1.165) is 30.7 Å². The quantitative estimate of drug-likeness (QED) is 0.576. The van der Waals surface area contributed by atoms with Gasteiger partial charge in [0.15, 0.2) is 0 Å². The molecule has 1 saturated heterocycles. The Bertz CT molecular complexity index is 992. The summed E-state index contributed by atoms with van der Waals surface area (Å²) in [5.41, 5.74) is 1.17. The number of sulfonamides is 1. The number of rotatable bonds is 9. The Morgan fingerprint density at radius 1 is 1.16 bits per heavy atom. The van der Waals surface area contributed by atoms with E-state index in [1.807, 2.05) is 38.1 Å². The Morgan fingerprint density at radius 3 is 2.50 bits per heavy atom. The standard InChI is InChI=1S/C24H31FN2O4S/c1-18(2)31-22-11-7-19(8-12-22)5-3-15-26-24(28)20-6-4-16-27(17-20)32(29,30)23-13-9-21(25)10-14-23/h7-14,18,20H,3-6,15-17H2,1-2H3,(H,26,28)/t20-/m1/s1. The van der Waals surface area contributed by atoms with Gasteiger partial charge in [-0.25, -0.2) is 12.8 Å². The number of amides is 1. The van der Waals surface area contributed by atoms with Crippen LogP contribution in [0.5, 0.6) is 5.75 Å². The first kappa shape index (κ1) is 24.2. The summed E-state index contributed by atoms with van der Waals surface area (Å²) in [7, 11) is -3.74. The predicted molar refractivity (Wildman–Crippen MR) is 121 cm³/mol. The molecule has 1 fully saturated rings. The Labute approximate surface area is 189 Å². The van der Waals surface area contributed by atoms with Crippen LogP contribution >= 0.6 is 0 Å². The van der Waals surface area contributed by atoms with Gasteiger partial charge in [0.05, 0.1) is 16.9 Å². The van der Waals surface area contributed by atoms with Gasteiger partial charge in [0.1, 0.15) is 11.6 Å². The van der Waals surface area contributed by atoms with Crippen molar-refractivity contribution >= 4 is 15.9 Å². The van der Waals surface area contributed by atoms with Crippen LogP contribution in [0, 0.1) is 11.7 Å². The molecule has 1 heterocycles. The van der Waals surface area contributed by atoms with E-state index in [4.69, 9.17) is 4.74 Å². The van der Waals surface area contributed by atoms with E-state index < -0.39 is 15.8 Å². The zero-order chi connectivity index (χ0) is 23.1. The average molecular weight is 463 g/mol. The number of hydrogen-bond acceptors (Lipinski definition) is 4. The first-order chi connectivity index (χ1) is 15.3. The summed E-state index contributed by atoms with van der Waals surface area (Å²) in [6.45, 7) is 5.01. The molecule has 0 saturated carbocycles. The molecule has 1 atom stereocenters. The molecule has 1 N–H and O–H groups in total. The number of carbonyl (C=O) groups is 1. The number of halogens is 1. The molecule has 0 spiro atoms. The number of nitrogens with zero attached hydrogens (tertiary/aromatic N) is 1. The van der Waals surface area contributed by atoms with E-state index in [1.54, 1.807) is 0 Å². The smallest absolute Gasteiger partial charge is 0.243 e. The fourth-order valence-corrected chi connectivity index (χ4v) is 5.31. The fourth-order valence-electron chi connectivity index (χ4n) is 3.79. The fraction of sp³-hybridized carbons (Fsp3) is 0.458. The Morgan fingerprint density at radius 2 is 1.84 bits per heavy atom. The number of hydrogen-bond donors (Lipinski definition) is 1. The van der Waals surface area contributed by atoms with Crippen molar-refractivity contribution in [1.29, 1.82) is 0 Å². The van der Waals surface area contributed by atoms with Crippen LogP contribution in [-0.4, -0.2) is 44.4 Å². The van der Waals surface area contributed by atoms with Gasteiger partial charge in [-0.05, 0) is 81.5 Å². The lowest BCUT2D eigenvalue weighted by molar-refractivity contribution is -0.126. The van der Waals surface area contributed by atoms with Gasteiger partial charge in [-0.3, -0.25) is 4.79 Å². The van der Waals surface area contributed by atoms with Gasteiger partial charge in [0.2, 0.25) is 15.9 Å². The average Bonchev–Trinajstić information content (AvgIpc) is 2.77. The second-order valence-electron chi connectivity index (χ2n) is 8.36. The Kier molecular flexibility index (Phi) is 8.26. The minimum atomic E-state index is -3.74. The minimum Gasteiger partial charge on any atom is -0.491 e. The number of nitrogens with one attached hydrogen (secondary N) is 1. The van der Waals surface area contributed by atoms with E-state index in [-0.39, 0.29) is 29.4 Å². The van der Waals surface area contributed by atoms with Gasteiger partial charge in [-0.15, -0.1) is 0 Å². The highest BCUT2D eigenvalue weighted by Crippen LogP contribution is 2.24. The van der Waals surface area contributed by atoms with Crippen LogP contribution < -0.4 is 10.1 Å². The molecule has 1 aliphatic rings. The van der Waals surface area contributed by atoms with Crippen molar-refractivity contribution in [3.63, 3.8) is 0 Å². The molecule has 2 aromatic rings. The molecule has 3 rings (SSSR count). The largest absolute Gasteiger partial charge is 0.491 e. The first-order valence-corrected chi connectivity index (χ1v) is 12.5. The van der Waals surface area contributed by atoms with E-state index in [1.165, 1.54) is 22.0 Å². The lowest BCUT2D eigenvalue weighted by Crippen LogP contribution is -2.45. The summed E-state index contributed by atoms with van der Waals surface area (Å²) in [6, 6.07) is 12.7. The third kappa shape index (κ3) is 6.53. The molecular formula is C24H31FN2O4S. The van der Waals surface area contributed by atoms with Crippen LogP contribution in [0.4, 0.5) is 4.39 Å². The molecular weight excluding hydrogens is 431 g/mol. The minimum absolute atomic E-state index is 0.0461. The molecule has 0 bridgehead atoms. The molecule has 32 heavy (non-hydrogen) atoms. The van der Waals surface area contributed by atoms with Gasteiger partial charge in [0, 0.05) is 19.6 Å². The van der Waals surface area contributed by atoms with E-state index in [9.17, 15) is 17.6 Å². The molecule has 0 unspecified atom stereocenters. The normalized spacial score (nSPS) is 17.3. The van der Waals surface area contributed by atoms with Crippen LogP contribution in [0.25, 0.3) is 0 Å².